The number of nitrogens with one attached hydrogen (secondary N) is 1. The molecule has 1 atom stereocenters. The second-order valence-electron chi connectivity index (χ2n) is 4.64. The smallest absolute Gasteiger partial charge is 0.124 e. The number of aryl methyl sites for hydroxylation is 1. The number of hydrogen-bond acceptors (Lipinski definition) is 2. The number of anilines is 1. The summed E-state index contributed by atoms with van der Waals surface area (Å²) >= 11 is 7.69. The van der Waals surface area contributed by atoms with E-state index in [1.807, 2.05) is 11.3 Å². The van der Waals surface area contributed by atoms with Crippen LogP contribution < -0.4 is 5.32 Å². The normalized spacial score (nSPS) is 18.2. The molecule has 1 unspecified atom stereocenters. The fraction of sp³-hybridized carbons (Fsp3) is 0.286. The van der Waals surface area contributed by atoms with Gasteiger partial charge in [0.2, 0.25) is 0 Å². The molecule has 0 spiro atoms. The van der Waals surface area contributed by atoms with Crippen molar-refractivity contribution in [3.05, 3.63) is 47.9 Å². The Hall–Kier alpha value is -0.140. The van der Waals surface area contributed by atoms with Crippen LogP contribution in [0.15, 0.2) is 28.7 Å². The number of thiophene rings is 1. The van der Waals surface area contributed by atoms with E-state index in [9.17, 15) is 4.39 Å². The van der Waals surface area contributed by atoms with Gasteiger partial charge in [0, 0.05) is 15.0 Å². The summed E-state index contributed by atoms with van der Waals surface area (Å²) in [7, 11) is 0. The molecule has 5 heteroatoms. The first-order chi connectivity index (χ1) is 9.13. The molecule has 1 aromatic heterocycles. The molecule has 1 nitrogen and oxygen atoms in total. The Bertz CT molecular complexity index is 613. The molecule has 1 N–H and O–H groups in total. The Morgan fingerprint density at radius 3 is 3.00 bits per heavy atom. The first-order valence-corrected chi connectivity index (χ1v) is 8.82. The van der Waals surface area contributed by atoms with Crippen molar-refractivity contribution < 1.29 is 4.39 Å². The van der Waals surface area contributed by atoms with Gasteiger partial charge < -0.3 is 5.32 Å². The molecule has 0 aliphatic heterocycles. The maximum absolute atomic E-state index is 13.1. The molecular formula is C14H12BrFINS. The third-order valence-corrected chi connectivity index (χ3v) is 5.97. The lowest BCUT2D eigenvalue weighted by atomic mass is 9.94. The second-order valence-corrected chi connectivity index (χ2v) is 8.53. The Morgan fingerprint density at radius 1 is 1.37 bits per heavy atom. The average molecular weight is 452 g/mol. The first-order valence-electron chi connectivity index (χ1n) is 6.13. The van der Waals surface area contributed by atoms with Crippen LogP contribution in [0.1, 0.15) is 29.3 Å². The summed E-state index contributed by atoms with van der Waals surface area (Å²) in [6.07, 6.45) is 3.52. The van der Waals surface area contributed by atoms with E-state index in [-0.39, 0.29) is 5.82 Å². The van der Waals surface area contributed by atoms with Crippen LogP contribution in [0.2, 0.25) is 0 Å². The molecule has 2 aromatic rings. The maximum atomic E-state index is 13.1. The third-order valence-electron chi connectivity index (χ3n) is 3.34. The van der Waals surface area contributed by atoms with Crippen molar-refractivity contribution in [1.82, 2.24) is 0 Å². The van der Waals surface area contributed by atoms with Crippen molar-refractivity contribution in [3.8, 4) is 0 Å². The highest BCUT2D eigenvalue weighted by Crippen LogP contribution is 2.39. The standard InChI is InChI=1S/C14H12BrFINS/c15-10-6-8(16)4-5-12(10)18-11-2-1-3-13-9(11)7-14(17)19-13/h4-7,11,18H,1-3H2. The summed E-state index contributed by atoms with van der Waals surface area (Å²) in [5.74, 6) is -0.216. The number of fused-ring (bicyclic) bond motifs is 1. The summed E-state index contributed by atoms with van der Waals surface area (Å²) in [5, 5.41) is 3.54. The summed E-state index contributed by atoms with van der Waals surface area (Å²) < 4.78 is 15.2. The lowest BCUT2D eigenvalue weighted by molar-refractivity contribution is 0.606. The molecule has 1 aromatic carbocycles. The van der Waals surface area contributed by atoms with Crippen molar-refractivity contribution in [2.75, 3.05) is 5.32 Å². The van der Waals surface area contributed by atoms with Crippen LogP contribution in [-0.4, -0.2) is 0 Å². The Balaban J connectivity index is 1.88. The zero-order valence-electron chi connectivity index (χ0n) is 10.1. The molecule has 0 saturated carbocycles. The molecule has 100 valence electrons. The van der Waals surface area contributed by atoms with Crippen LogP contribution in [0.4, 0.5) is 10.1 Å². The lowest BCUT2D eigenvalue weighted by Crippen LogP contribution is -2.15. The SMILES string of the molecule is Fc1ccc(NC2CCCc3sc(I)cc32)c(Br)c1. The zero-order valence-corrected chi connectivity index (χ0v) is 14.6. The minimum absolute atomic E-state index is 0.216. The minimum atomic E-state index is -0.216. The van der Waals surface area contributed by atoms with Gasteiger partial charge in [0.1, 0.15) is 5.82 Å². The Morgan fingerprint density at radius 2 is 2.21 bits per heavy atom. The molecule has 19 heavy (non-hydrogen) atoms. The zero-order chi connectivity index (χ0) is 13.4. The predicted molar refractivity (Wildman–Crippen MR) is 90.4 cm³/mol. The maximum Gasteiger partial charge on any atom is 0.124 e. The van der Waals surface area contributed by atoms with E-state index in [0.29, 0.717) is 6.04 Å². The molecule has 0 saturated heterocycles. The highest BCUT2D eigenvalue weighted by atomic mass is 127. The number of benzene rings is 1. The summed E-state index contributed by atoms with van der Waals surface area (Å²) in [5.41, 5.74) is 2.37. The second kappa shape index (κ2) is 5.69. The Labute approximate surface area is 137 Å². The first kappa shape index (κ1) is 13.8. The predicted octanol–water partition coefficient (Wildman–Crippen LogP) is 5.74. The van der Waals surface area contributed by atoms with E-state index in [0.717, 1.165) is 16.6 Å². The van der Waals surface area contributed by atoms with Crippen LogP contribution in [-0.2, 0) is 6.42 Å². The van der Waals surface area contributed by atoms with Crippen molar-refractivity contribution >= 4 is 55.5 Å². The van der Waals surface area contributed by atoms with E-state index in [1.165, 1.54) is 38.3 Å². The van der Waals surface area contributed by atoms with Crippen LogP contribution >= 0.6 is 49.9 Å². The summed E-state index contributed by atoms with van der Waals surface area (Å²) in [6, 6.07) is 7.41. The van der Waals surface area contributed by atoms with Gasteiger partial charge in [-0.25, -0.2) is 4.39 Å². The fourth-order valence-corrected chi connectivity index (χ4v) is 5.05. The molecular weight excluding hydrogens is 440 g/mol. The molecule has 1 heterocycles. The third kappa shape index (κ3) is 2.97. The van der Waals surface area contributed by atoms with Crippen LogP contribution in [0.5, 0.6) is 0 Å². The quantitative estimate of drug-likeness (QED) is 0.573. The summed E-state index contributed by atoms with van der Waals surface area (Å²) in [4.78, 5) is 1.49. The van der Waals surface area contributed by atoms with Crippen molar-refractivity contribution in [2.45, 2.75) is 25.3 Å². The fourth-order valence-electron chi connectivity index (χ4n) is 2.47. The molecule has 0 bridgehead atoms. The van der Waals surface area contributed by atoms with Gasteiger partial charge in [0.05, 0.1) is 8.93 Å². The number of halogens is 3. The number of rotatable bonds is 2. The van der Waals surface area contributed by atoms with Crippen molar-refractivity contribution in [2.24, 2.45) is 0 Å². The van der Waals surface area contributed by atoms with Crippen molar-refractivity contribution in [1.29, 1.82) is 0 Å². The van der Waals surface area contributed by atoms with Gasteiger partial charge in [-0.3, -0.25) is 0 Å². The van der Waals surface area contributed by atoms with E-state index in [1.54, 1.807) is 6.07 Å². The van der Waals surface area contributed by atoms with Gasteiger partial charge in [-0.05, 0) is 87.6 Å². The van der Waals surface area contributed by atoms with Crippen LogP contribution in [0.3, 0.4) is 0 Å². The molecule has 1 aliphatic rings. The van der Waals surface area contributed by atoms with Gasteiger partial charge in [-0.2, -0.15) is 0 Å². The molecule has 1 aliphatic carbocycles. The largest absolute Gasteiger partial charge is 0.377 e. The van der Waals surface area contributed by atoms with E-state index in [4.69, 9.17) is 0 Å². The van der Waals surface area contributed by atoms with E-state index >= 15 is 0 Å². The van der Waals surface area contributed by atoms with Gasteiger partial charge in [0.25, 0.3) is 0 Å². The van der Waals surface area contributed by atoms with Gasteiger partial charge in [-0.15, -0.1) is 11.3 Å². The highest BCUT2D eigenvalue weighted by Gasteiger charge is 2.23. The summed E-state index contributed by atoms with van der Waals surface area (Å²) in [6.45, 7) is 0. The van der Waals surface area contributed by atoms with E-state index < -0.39 is 0 Å². The van der Waals surface area contributed by atoms with Gasteiger partial charge in [0.15, 0.2) is 0 Å². The monoisotopic (exact) mass is 451 g/mol. The molecule has 0 radical (unpaired) electrons. The van der Waals surface area contributed by atoms with Gasteiger partial charge >= 0.3 is 0 Å². The Kier molecular flexibility index (Phi) is 4.14. The average Bonchev–Trinajstić information content (AvgIpc) is 2.74. The number of hydrogen-bond donors (Lipinski definition) is 1. The van der Waals surface area contributed by atoms with Crippen molar-refractivity contribution in [3.63, 3.8) is 0 Å². The van der Waals surface area contributed by atoms with Crippen LogP contribution in [0.25, 0.3) is 0 Å². The van der Waals surface area contributed by atoms with Crippen LogP contribution in [0, 0.1) is 8.70 Å². The lowest BCUT2D eigenvalue weighted by Gasteiger charge is -2.25. The molecule has 3 rings (SSSR count). The topological polar surface area (TPSA) is 12.0 Å². The minimum Gasteiger partial charge on any atom is -0.377 e. The molecule has 0 amide bonds. The highest BCUT2D eigenvalue weighted by molar-refractivity contribution is 14.1. The van der Waals surface area contributed by atoms with E-state index in [2.05, 4.69) is 49.9 Å². The van der Waals surface area contributed by atoms with Gasteiger partial charge in [-0.1, -0.05) is 0 Å². The molecule has 0 fully saturated rings.